The molecule has 0 saturated heterocycles. The minimum absolute atomic E-state index is 0.251. The Kier molecular flexibility index (Phi) is 7.28. The van der Waals surface area contributed by atoms with Crippen molar-refractivity contribution in [2.45, 2.75) is 19.9 Å². The Morgan fingerprint density at radius 1 is 1.07 bits per heavy atom. The zero-order valence-corrected chi connectivity index (χ0v) is 17.3. The molecule has 0 fully saturated rings. The van der Waals surface area contributed by atoms with E-state index in [0.717, 1.165) is 21.9 Å². The lowest BCUT2D eigenvalue weighted by Gasteiger charge is -2.23. The van der Waals surface area contributed by atoms with E-state index in [1.165, 1.54) is 0 Å². The van der Waals surface area contributed by atoms with Gasteiger partial charge in [-0.3, -0.25) is 9.10 Å². The monoisotopic (exact) mass is 406 g/mol. The molecule has 2 aromatic carbocycles. The number of amides is 1. The highest BCUT2D eigenvalue weighted by atomic mass is 32.2. The van der Waals surface area contributed by atoms with Gasteiger partial charge >= 0.3 is 0 Å². The molecule has 0 spiro atoms. The molecule has 2 aromatic rings. The van der Waals surface area contributed by atoms with Gasteiger partial charge in [-0.25, -0.2) is 8.42 Å². The number of carbonyl (C=O) groups excluding carboxylic acids is 1. The first-order valence-electron chi connectivity index (χ1n) is 8.79. The van der Waals surface area contributed by atoms with Gasteiger partial charge in [0.15, 0.2) is 0 Å². The number of rotatable bonds is 9. The summed E-state index contributed by atoms with van der Waals surface area (Å²) in [7, 11) is -2.01. The van der Waals surface area contributed by atoms with Gasteiger partial charge in [-0.1, -0.05) is 17.7 Å². The number of nitrogens with one attached hydrogen (secondary N) is 1. The molecule has 0 aliphatic carbocycles. The molecule has 1 atom stereocenters. The number of carbonyl (C=O) groups is 1. The number of ether oxygens (including phenoxy) is 2. The number of hydrogen-bond acceptors (Lipinski definition) is 5. The van der Waals surface area contributed by atoms with E-state index in [4.69, 9.17) is 9.47 Å². The minimum Gasteiger partial charge on any atom is -0.497 e. The summed E-state index contributed by atoms with van der Waals surface area (Å²) in [4.78, 5) is 12.4. The summed E-state index contributed by atoms with van der Waals surface area (Å²) in [5.74, 6) is 0.974. The first-order valence-corrected chi connectivity index (χ1v) is 10.6. The van der Waals surface area contributed by atoms with Crippen molar-refractivity contribution < 1.29 is 22.7 Å². The Morgan fingerprint density at radius 2 is 1.64 bits per heavy atom. The molecule has 0 radical (unpaired) electrons. The Balaban J connectivity index is 1.93. The predicted octanol–water partition coefficient (Wildman–Crippen LogP) is 2.35. The van der Waals surface area contributed by atoms with Gasteiger partial charge < -0.3 is 14.8 Å². The number of aryl methyl sites for hydroxylation is 1. The highest BCUT2D eigenvalue weighted by molar-refractivity contribution is 7.92. The van der Waals surface area contributed by atoms with Crippen molar-refractivity contribution in [3.63, 3.8) is 0 Å². The quantitative estimate of drug-likeness (QED) is 0.691. The van der Waals surface area contributed by atoms with Gasteiger partial charge in [-0.15, -0.1) is 0 Å². The third-order valence-electron chi connectivity index (χ3n) is 3.98. The Hall–Kier alpha value is -2.74. The second-order valence-corrected chi connectivity index (χ2v) is 8.47. The molecule has 7 nitrogen and oxygen atoms in total. The summed E-state index contributed by atoms with van der Waals surface area (Å²) < 4.78 is 36.0. The molecule has 0 bridgehead atoms. The fourth-order valence-corrected chi connectivity index (χ4v) is 3.35. The highest BCUT2D eigenvalue weighted by Gasteiger charge is 2.21. The van der Waals surface area contributed by atoms with Crippen molar-refractivity contribution in [3.05, 3.63) is 54.1 Å². The summed E-state index contributed by atoms with van der Waals surface area (Å²) in [5, 5.41) is 2.76. The average Bonchev–Trinajstić information content (AvgIpc) is 2.65. The van der Waals surface area contributed by atoms with Crippen molar-refractivity contribution in [1.29, 1.82) is 0 Å². The van der Waals surface area contributed by atoms with E-state index in [2.05, 4.69) is 5.32 Å². The Bertz CT molecular complexity index is 880. The SMILES string of the molecule is COc1ccc(OCC(C)NC(=O)CN(c2ccc(C)cc2)S(C)(=O)=O)cc1. The van der Waals surface area contributed by atoms with E-state index < -0.39 is 15.9 Å². The molecule has 0 saturated carbocycles. The van der Waals surface area contributed by atoms with Gasteiger partial charge in [0.25, 0.3) is 0 Å². The van der Waals surface area contributed by atoms with Crippen molar-refractivity contribution in [2.75, 3.05) is 30.8 Å². The largest absolute Gasteiger partial charge is 0.497 e. The number of methoxy groups -OCH3 is 1. The number of benzene rings is 2. The summed E-state index contributed by atoms with van der Waals surface area (Å²) >= 11 is 0. The van der Waals surface area contributed by atoms with Gasteiger partial charge in [0.05, 0.1) is 25.1 Å². The third-order valence-corrected chi connectivity index (χ3v) is 5.12. The van der Waals surface area contributed by atoms with Crippen LogP contribution in [0.3, 0.4) is 0 Å². The first kappa shape index (κ1) is 21.6. The minimum atomic E-state index is -3.59. The molecule has 0 aromatic heterocycles. The third kappa shape index (κ3) is 6.45. The zero-order chi connectivity index (χ0) is 20.7. The van der Waals surface area contributed by atoms with Crippen LogP contribution in [0.4, 0.5) is 5.69 Å². The van der Waals surface area contributed by atoms with E-state index in [1.54, 1.807) is 62.6 Å². The van der Waals surface area contributed by atoms with Crippen LogP contribution in [-0.2, 0) is 14.8 Å². The van der Waals surface area contributed by atoms with Crippen molar-refractivity contribution in [2.24, 2.45) is 0 Å². The van der Waals surface area contributed by atoms with Crippen LogP contribution in [0, 0.1) is 6.92 Å². The second-order valence-electron chi connectivity index (χ2n) is 6.56. The lowest BCUT2D eigenvalue weighted by atomic mass is 10.2. The Morgan fingerprint density at radius 3 is 2.18 bits per heavy atom. The van der Waals surface area contributed by atoms with Crippen molar-refractivity contribution in [3.8, 4) is 11.5 Å². The van der Waals surface area contributed by atoms with Gasteiger partial charge in [-0.2, -0.15) is 0 Å². The number of nitrogens with zero attached hydrogens (tertiary/aromatic N) is 1. The van der Waals surface area contributed by atoms with Crippen LogP contribution >= 0.6 is 0 Å². The van der Waals surface area contributed by atoms with Gasteiger partial charge in [0, 0.05) is 0 Å². The summed E-state index contributed by atoms with van der Waals surface area (Å²) in [6.07, 6.45) is 1.08. The molecule has 1 amide bonds. The lowest BCUT2D eigenvalue weighted by Crippen LogP contribution is -2.44. The van der Waals surface area contributed by atoms with E-state index in [0.29, 0.717) is 11.4 Å². The van der Waals surface area contributed by atoms with E-state index >= 15 is 0 Å². The molecule has 152 valence electrons. The first-order chi connectivity index (χ1) is 13.2. The zero-order valence-electron chi connectivity index (χ0n) is 16.5. The number of sulfonamides is 1. The number of anilines is 1. The molecule has 28 heavy (non-hydrogen) atoms. The average molecular weight is 407 g/mol. The highest BCUT2D eigenvalue weighted by Crippen LogP contribution is 2.18. The van der Waals surface area contributed by atoms with E-state index in [-0.39, 0.29) is 19.2 Å². The number of hydrogen-bond donors (Lipinski definition) is 1. The van der Waals surface area contributed by atoms with Crippen LogP contribution in [0.2, 0.25) is 0 Å². The maximum atomic E-state index is 12.4. The fraction of sp³-hybridized carbons (Fsp3) is 0.350. The maximum absolute atomic E-state index is 12.4. The van der Waals surface area contributed by atoms with Crippen LogP contribution in [0.1, 0.15) is 12.5 Å². The van der Waals surface area contributed by atoms with Gasteiger partial charge in [0.1, 0.15) is 24.7 Å². The molecule has 1 unspecified atom stereocenters. The molecule has 2 rings (SSSR count). The molecule has 8 heteroatoms. The Labute approximate surface area is 166 Å². The van der Waals surface area contributed by atoms with Crippen LogP contribution in [0.25, 0.3) is 0 Å². The van der Waals surface area contributed by atoms with Crippen LogP contribution in [0.15, 0.2) is 48.5 Å². The smallest absolute Gasteiger partial charge is 0.241 e. The summed E-state index contributed by atoms with van der Waals surface area (Å²) in [5.41, 5.74) is 1.45. The summed E-state index contributed by atoms with van der Waals surface area (Å²) in [6, 6.07) is 13.8. The van der Waals surface area contributed by atoms with Crippen molar-refractivity contribution in [1.82, 2.24) is 5.32 Å². The van der Waals surface area contributed by atoms with Gasteiger partial charge in [0.2, 0.25) is 15.9 Å². The molecule has 0 aliphatic rings. The molecule has 0 aliphatic heterocycles. The molecular weight excluding hydrogens is 380 g/mol. The van der Waals surface area contributed by atoms with Crippen molar-refractivity contribution >= 4 is 21.6 Å². The van der Waals surface area contributed by atoms with Gasteiger partial charge in [-0.05, 0) is 50.2 Å². The van der Waals surface area contributed by atoms with Crippen LogP contribution in [-0.4, -0.2) is 46.9 Å². The molecular formula is C20H26N2O5S. The maximum Gasteiger partial charge on any atom is 0.241 e. The van der Waals surface area contributed by atoms with E-state index in [9.17, 15) is 13.2 Å². The van der Waals surface area contributed by atoms with E-state index in [1.807, 2.05) is 6.92 Å². The fourth-order valence-electron chi connectivity index (χ4n) is 2.50. The topological polar surface area (TPSA) is 84.9 Å². The standard InChI is InChI=1S/C20H26N2O5S/c1-15-5-7-17(8-6-15)22(28(4,24)25)13-20(23)21-16(2)14-27-19-11-9-18(26-3)10-12-19/h5-12,16H,13-14H2,1-4H3,(H,21,23). The predicted molar refractivity (Wildman–Crippen MR) is 109 cm³/mol. The lowest BCUT2D eigenvalue weighted by molar-refractivity contribution is -0.120. The summed E-state index contributed by atoms with van der Waals surface area (Å²) in [6.45, 7) is 3.65. The van der Waals surface area contributed by atoms with Crippen LogP contribution in [0.5, 0.6) is 11.5 Å². The van der Waals surface area contributed by atoms with Crippen LogP contribution < -0.4 is 19.1 Å². The molecule has 0 heterocycles. The second kappa shape index (κ2) is 9.45. The normalized spacial score (nSPS) is 12.1. The molecule has 1 N–H and O–H groups in total.